The molecule has 0 spiro atoms. The first kappa shape index (κ1) is 15.9. The Kier molecular flexibility index (Phi) is 4.41. The molecule has 0 atom stereocenters. The van der Waals surface area contributed by atoms with E-state index in [1.807, 2.05) is 34.9 Å². The average Bonchev–Trinajstić information content (AvgIpc) is 3.26. The number of carbonyl (C=O) groups is 1. The van der Waals surface area contributed by atoms with Crippen LogP contribution in [0.5, 0.6) is 0 Å². The van der Waals surface area contributed by atoms with E-state index >= 15 is 0 Å². The number of nitrogens with zero attached hydrogens (tertiary/aromatic N) is 5. The van der Waals surface area contributed by atoms with E-state index in [1.165, 1.54) is 0 Å². The van der Waals surface area contributed by atoms with Crippen molar-refractivity contribution in [3.05, 3.63) is 54.2 Å². The van der Waals surface area contributed by atoms with Crippen molar-refractivity contribution in [1.82, 2.24) is 29.9 Å². The molecule has 1 aromatic carbocycles. The van der Waals surface area contributed by atoms with Crippen LogP contribution in [0.1, 0.15) is 36.1 Å². The lowest BCUT2D eigenvalue weighted by molar-refractivity contribution is 0.0779. The molecule has 0 aliphatic heterocycles. The molecule has 24 heavy (non-hydrogen) atoms. The van der Waals surface area contributed by atoms with Crippen LogP contribution in [-0.4, -0.2) is 42.8 Å². The van der Waals surface area contributed by atoms with Crippen LogP contribution in [0.2, 0.25) is 0 Å². The van der Waals surface area contributed by atoms with Crippen LogP contribution in [0.4, 0.5) is 0 Å². The highest BCUT2D eigenvalue weighted by molar-refractivity contribution is 5.94. The number of benzene rings is 1. The van der Waals surface area contributed by atoms with Gasteiger partial charge in [0.2, 0.25) is 0 Å². The van der Waals surface area contributed by atoms with Crippen molar-refractivity contribution in [3.63, 3.8) is 0 Å². The Hall–Kier alpha value is -2.96. The van der Waals surface area contributed by atoms with Gasteiger partial charge in [-0.1, -0.05) is 12.1 Å². The molecule has 0 saturated heterocycles. The summed E-state index contributed by atoms with van der Waals surface area (Å²) in [6, 6.07) is 9.61. The molecule has 2 aromatic heterocycles. The molecule has 0 aliphatic carbocycles. The number of aromatic amines is 1. The predicted molar refractivity (Wildman–Crippen MR) is 90.2 cm³/mol. The maximum absolute atomic E-state index is 12.6. The van der Waals surface area contributed by atoms with Crippen LogP contribution in [-0.2, 0) is 6.54 Å². The van der Waals surface area contributed by atoms with Crippen molar-refractivity contribution in [3.8, 4) is 11.3 Å². The maximum Gasteiger partial charge on any atom is 0.254 e. The number of amides is 1. The summed E-state index contributed by atoms with van der Waals surface area (Å²) in [6.07, 6.45) is 3.39. The second-order valence-corrected chi connectivity index (χ2v) is 5.96. The zero-order chi connectivity index (χ0) is 17.1. The Morgan fingerprint density at radius 3 is 2.62 bits per heavy atom. The molecule has 0 saturated carbocycles. The van der Waals surface area contributed by atoms with Gasteiger partial charge in [0.05, 0.1) is 12.2 Å². The number of nitrogens with one attached hydrogen (secondary N) is 1. The summed E-state index contributed by atoms with van der Waals surface area (Å²) in [5.41, 5.74) is 2.55. The Bertz CT molecular complexity index is 804. The predicted octanol–water partition coefficient (Wildman–Crippen LogP) is 2.52. The van der Waals surface area contributed by atoms with E-state index < -0.39 is 0 Å². The van der Waals surface area contributed by atoms with E-state index in [0.29, 0.717) is 12.1 Å². The van der Waals surface area contributed by atoms with Gasteiger partial charge in [0.25, 0.3) is 5.91 Å². The van der Waals surface area contributed by atoms with Crippen LogP contribution in [0.25, 0.3) is 11.3 Å². The molecule has 7 heteroatoms. The molecule has 0 bridgehead atoms. The summed E-state index contributed by atoms with van der Waals surface area (Å²) in [5.74, 6) is 0.722. The highest BCUT2D eigenvalue weighted by Gasteiger charge is 2.16. The summed E-state index contributed by atoms with van der Waals surface area (Å²) in [6.45, 7) is 4.53. The molecular formula is C17H20N6O. The normalized spacial score (nSPS) is 11.0. The first-order valence-electron chi connectivity index (χ1n) is 7.80. The molecular weight excluding hydrogens is 304 g/mol. The number of carbonyl (C=O) groups excluding carboxylic acids is 1. The van der Waals surface area contributed by atoms with E-state index in [4.69, 9.17) is 0 Å². The quantitative estimate of drug-likeness (QED) is 0.782. The van der Waals surface area contributed by atoms with E-state index in [2.05, 4.69) is 34.2 Å². The van der Waals surface area contributed by atoms with E-state index in [9.17, 15) is 4.79 Å². The van der Waals surface area contributed by atoms with Gasteiger partial charge in [0, 0.05) is 24.8 Å². The lowest BCUT2D eigenvalue weighted by Crippen LogP contribution is -2.28. The maximum atomic E-state index is 12.6. The molecule has 0 unspecified atom stereocenters. The monoisotopic (exact) mass is 324 g/mol. The van der Waals surface area contributed by atoms with Gasteiger partial charge in [-0.25, -0.2) is 0 Å². The molecule has 7 nitrogen and oxygen atoms in total. The number of hydrogen-bond acceptors (Lipinski definition) is 4. The fourth-order valence-electron chi connectivity index (χ4n) is 2.52. The van der Waals surface area contributed by atoms with Gasteiger partial charge in [0.15, 0.2) is 5.82 Å². The summed E-state index contributed by atoms with van der Waals surface area (Å²) in [4.78, 5) is 14.2. The zero-order valence-corrected chi connectivity index (χ0v) is 14.0. The number of hydrogen-bond donors (Lipinski definition) is 1. The third kappa shape index (κ3) is 3.19. The Morgan fingerprint density at radius 1 is 1.25 bits per heavy atom. The lowest BCUT2D eigenvalue weighted by Gasteiger charge is -2.18. The number of rotatable bonds is 5. The molecule has 0 fully saturated rings. The van der Waals surface area contributed by atoms with Gasteiger partial charge >= 0.3 is 0 Å². The fraction of sp³-hybridized carbons (Fsp3) is 0.294. The standard InChI is InChI=1S/C17H20N6O/c1-12(2)23-11-19-21-16(23)10-22(3)17(24)14-6-4-13(5-7-14)15-8-9-18-20-15/h4-9,11-12H,10H2,1-3H3,(H,18,20). The summed E-state index contributed by atoms with van der Waals surface area (Å²) >= 11 is 0. The van der Waals surface area contributed by atoms with Crippen LogP contribution in [0, 0.1) is 0 Å². The second-order valence-electron chi connectivity index (χ2n) is 5.96. The van der Waals surface area contributed by atoms with Crippen molar-refractivity contribution in [2.24, 2.45) is 0 Å². The molecule has 2 heterocycles. The Morgan fingerprint density at radius 2 is 2.00 bits per heavy atom. The first-order chi connectivity index (χ1) is 11.6. The molecule has 1 amide bonds. The van der Waals surface area contributed by atoms with Gasteiger partial charge in [0.1, 0.15) is 6.33 Å². The molecule has 1 N–H and O–H groups in total. The Labute approximate surface area is 140 Å². The third-order valence-electron chi connectivity index (χ3n) is 3.87. The van der Waals surface area contributed by atoms with Gasteiger partial charge in [-0.05, 0) is 37.6 Å². The molecule has 3 rings (SSSR count). The van der Waals surface area contributed by atoms with Crippen LogP contribution < -0.4 is 0 Å². The van der Waals surface area contributed by atoms with Gasteiger partial charge in [-0.15, -0.1) is 10.2 Å². The SMILES string of the molecule is CC(C)n1cnnc1CN(C)C(=O)c1ccc(-c2ccn[nH]2)cc1. The lowest BCUT2D eigenvalue weighted by atomic mass is 10.1. The number of H-pyrrole nitrogens is 1. The van der Waals surface area contributed by atoms with Gasteiger partial charge < -0.3 is 9.47 Å². The van der Waals surface area contributed by atoms with Crippen molar-refractivity contribution >= 4 is 5.91 Å². The molecule has 3 aromatic rings. The average molecular weight is 324 g/mol. The van der Waals surface area contributed by atoms with Crippen molar-refractivity contribution in [2.45, 2.75) is 26.4 Å². The fourth-order valence-corrected chi connectivity index (χ4v) is 2.52. The van der Waals surface area contributed by atoms with Crippen molar-refractivity contribution in [2.75, 3.05) is 7.05 Å². The second kappa shape index (κ2) is 6.66. The van der Waals surface area contributed by atoms with E-state index in [1.54, 1.807) is 24.5 Å². The Balaban J connectivity index is 1.72. The molecule has 124 valence electrons. The topological polar surface area (TPSA) is 79.7 Å². The summed E-state index contributed by atoms with van der Waals surface area (Å²) < 4.78 is 1.96. The van der Waals surface area contributed by atoms with Crippen molar-refractivity contribution in [1.29, 1.82) is 0 Å². The minimum Gasteiger partial charge on any atom is -0.334 e. The minimum absolute atomic E-state index is 0.0514. The zero-order valence-electron chi connectivity index (χ0n) is 14.0. The molecule has 0 aliphatic rings. The van der Waals surface area contributed by atoms with E-state index in [0.717, 1.165) is 17.1 Å². The van der Waals surface area contributed by atoms with Crippen LogP contribution >= 0.6 is 0 Å². The van der Waals surface area contributed by atoms with Gasteiger partial charge in [-0.2, -0.15) is 5.10 Å². The first-order valence-corrected chi connectivity index (χ1v) is 7.80. The van der Waals surface area contributed by atoms with Crippen LogP contribution in [0.15, 0.2) is 42.9 Å². The molecule has 0 radical (unpaired) electrons. The summed E-state index contributed by atoms with van der Waals surface area (Å²) in [5, 5.41) is 14.9. The minimum atomic E-state index is -0.0514. The highest BCUT2D eigenvalue weighted by Crippen LogP contribution is 2.18. The van der Waals surface area contributed by atoms with Crippen molar-refractivity contribution < 1.29 is 4.79 Å². The van der Waals surface area contributed by atoms with E-state index in [-0.39, 0.29) is 11.9 Å². The number of aromatic nitrogens is 5. The van der Waals surface area contributed by atoms with Crippen LogP contribution in [0.3, 0.4) is 0 Å². The largest absolute Gasteiger partial charge is 0.334 e. The smallest absolute Gasteiger partial charge is 0.254 e. The highest BCUT2D eigenvalue weighted by atomic mass is 16.2. The van der Waals surface area contributed by atoms with Gasteiger partial charge in [-0.3, -0.25) is 9.89 Å². The summed E-state index contributed by atoms with van der Waals surface area (Å²) in [7, 11) is 1.77. The third-order valence-corrected chi connectivity index (χ3v) is 3.87.